The highest BCUT2D eigenvalue weighted by molar-refractivity contribution is 7.17. The van der Waals surface area contributed by atoms with Crippen LogP contribution in [0.3, 0.4) is 0 Å². The standard InChI is InChI=1S/C31H35N7O3S/c32-29(13-15-35-16-14-29)27(40)37-30(33,18-24-19-42-26-8-4-3-7-25(24)26)28(41)38-31(34,36-20-39)12-11-21-9-10-22-5-1-2-6-23(22)17-21/h1-12,17,19-20,35H,13-16,18,32-34H2,(H,36,39)(H,37,40)(H,38,41)/b12-11+/t30-,31+/m1/s1. The number of benzene rings is 3. The van der Waals surface area contributed by atoms with Crippen molar-refractivity contribution in [2.75, 3.05) is 13.1 Å². The lowest BCUT2D eigenvalue weighted by Gasteiger charge is -2.38. The fraction of sp³-hybridized carbons (Fsp3) is 0.258. The highest BCUT2D eigenvalue weighted by atomic mass is 32.1. The van der Waals surface area contributed by atoms with E-state index in [9.17, 15) is 14.4 Å². The summed E-state index contributed by atoms with van der Waals surface area (Å²) >= 11 is 1.51. The van der Waals surface area contributed by atoms with Gasteiger partial charge in [-0.25, -0.2) is 0 Å². The molecule has 10 N–H and O–H groups in total. The van der Waals surface area contributed by atoms with Crippen molar-refractivity contribution in [2.45, 2.75) is 36.3 Å². The highest BCUT2D eigenvalue weighted by Crippen LogP contribution is 2.28. The molecule has 1 saturated heterocycles. The first-order valence-electron chi connectivity index (χ1n) is 13.7. The van der Waals surface area contributed by atoms with Crippen molar-refractivity contribution >= 4 is 56.5 Å². The normalized spacial score (nSPS) is 17.8. The van der Waals surface area contributed by atoms with E-state index < -0.39 is 28.8 Å². The predicted molar refractivity (Wildman–Crippen MR) is 167 cm³/mol. The van der Waals surface area contributed by atoms with Crippen LogP contribution in [-0.4, -0.2) is 48.3 Å². The molecule has 1 aliphatic rings. The van der Waals surface area contributed by atoms with Crippen molar-refractivity contribution in [3.63, 3.8) is 0 Å². The third-order valence-electron chi connectivity index (χ3n) is 7.65. The molecule has 2 atom stereocenters. The fourth-order valence-electron chi connectivity index (χ4n) is 5.14. The Bertz CT molecular complexity index is 1650. The second kappa shape index (κ2) is 12.0. The van der Waals surface area contributed by atoms with Gasteiger partial charge in [0.25, 0.3) is 5.91 Å². The van der Waals surface area contributed by atoms with E-state index in [-0.39, 0.29) is 6.42 Å². The summed E-state index contributed by atoms with van der Waals surface area (Å²) in [6.45, 7) is 1.13. The number of rotatable bonds is 10. The molecule has 218 valence electrons. The van der Waals surface area contributed by atoms with Gasteiger partial charge in [-0.1, -0.05) is 60.7 Å². The van der Waals surface area contributed by atoms with Crippen LogP contribution in [0.4, 0.5) is 0 Å². The molecule has 10 nitrogen and oxygen atoms in total. The number of hydrogen-bond donors (Lipinski definition) is 7. The van der Waals surface area contributed by atoms with Crippen LogP contribution in [0.15, 0.2) is 78.2 Å². The average molecular weight is 586 g/mol. The van der Waals surface area contributed by atoms with Crippen molar-refractivity contribution in [2.24, 2.45) is 17.2 Å². The minimum atomic E-state index is -1.94. The summed E-state index contributed by atoms with van der Waals surface area (Å²) in [6.07, 6.45) is 4.28. The van der Waals surface area contributed by atoms with Crippen molar-refractivity contribution in [3.05, 3.63) is 89.3 Å². The lowest BCUT2D eigenvalue weighted by atomic mass is 9.87. The number of piperidine rings is 1. The van der Waals surface area contributed by atoms with Crippen LogP contribution in [0.5, 0.6) is 0 Å². The van der Waals surface area contributed by atoms with E-state index in [1.807, 2.05) is 72.1 Å². The maximum absolute atomic E-state index is 14.0. The number of hydrogen-bond acceptors (Lipinski definition) is 8. The molecule has 2 heterocycles. The molecular formula is C31H35N7O3S. The molecule has 0 radical (unpaired) electrons. The van der Waals surface area contributed by atoms with Crippen LogP contribution >= 0.6 is 11.3 Å². The molecule has 11 heteroatoms. The van der Waals surface area contributed by atoms with Crippen LogP contribution in [0.25, 0.3) is 26.9 Å². The zero-order valence-corrected chi connectivity index (χ0v) is 23.9. The third-order valence-corrected chi connectivity index (χ3v) is 8.66. The molecule has 0 spiro atoms. The highest BCUT2D eigenvalue weighted by Gasteiger charge is 2.44. The molecule has 1 aromatic heterocycles. The zero-order valence-electron chi connectivity index (χ0n) is 23.1. The van der Waals surface area contributed by atoms with Gasteiger partial charge in [-0.3, -0.25) is 20.1 Å². The summed E-state index contributed by atoms with van der Waals surface area (Å²) in [5.74, 6) is -3.13. The van der Waals surface area contributed by atoms with Crippen LogP contribution < -0.4 is 38.5 Å². The second-order valence-electron chi connectivity index (χ2n) is 10.8. The van der Waals surface area contributed by atoms with E-state index in [4.69, 9.17) is 17.2 Å². The minimum absolute atomic E-state index is 0.0333. The Morgan fingerprint density at radius 3 is 2.45 bits per heavy atom. The average Bonchev–Trinajstić information content (AvgIpc) is 3.38. The van der Waals surface area contributed by atoms with Gasteiger partial charge in [-0.2, -0.15) is 0 Å². The molecule has 42 heavy (non-hydrogen) atoms. The molecule has 1 fully saturated rings. The largest absolute Gasteiger partial charge is 0.328 e. The van der Waals surface area contributed by atoms with E-state index in [0.717, 1.165) is 32.0 Å². The van der Waals surface area contributed by atoms with Crippen LogP contribution in [0.1, 0.15) is 24.0 Å². The van der Waals surface area contributed by atoms with Crippen LogP contribution in [-0.2, 0) is 20.8 Å². The maximum Gasteiger partial charge on any atom is 0.264 e. The van der Waals surface area contributed by atoms with Gasteiger partial charge < -0.3 is 32.7 Å². The summed E-state index contributed by atoms with van der Waals surface area (Å²) in [7, 11) is 0. The van der Waals surface area contributed by atoms with Gasteiger partial charge in [0, 0.05) is 11.1 Å². The summed E-state index contributed by atoms with van der Waals surface area (Å²) in [5, 5.41) is 16.0. The lowest BCUT2D eigenvalue weighted by molar-refractivity contribution is -0.137. The molecular weight excluding hydrogens is 550 g/mol. The number of nitrogens with two attached hydrogens (primary N) is 3. The minimum Gasteiger partial charge on any atom is -0.328 e. The molecule has 0 aliphatic carbocycles. The SMILES string of the molecule is NC1(C(=O)N[C@](N)(Cc2csc3ccccc23)C(=O)N[C@](N)(/C=C/c2ccc3ccccc3c2)NC=O)CCNCC1. The van der Waals surface area contributed by atoms with Crippen LogP contribution in [0.2, 0.25) is 0 Å². The maximum atomic E-state index is 14.0. The summed E-state index contributed by atoms with van der Waals surface area (Å²) < 4.78 is 1.02. The molecule has 0 unspecified atom stereocenters. The molecule has 0 bridgehead atoms. The van der Waals surface area contributed by atoms with Crippen LogP contribution in [0, 0.1) is 0 Å². The Labute approximate surface area is 247 Å². The molecule has 5 rings (SSSR count). The number of thiophene rings is 1. The Morgan fingerprint density at radius 2 is 1.69 bits per heavy atom. The zero-order chi connectivity index (χ0) is 29.8. The second-order valence-corrected chi connectivity index (χ2v) is 11.7. The molecule has 3 amide bonds. The van der Waals surface area contributed by atoms with E-state index in [1.165, 1.54) is 17.4 Å². The van der Waals surface area contributed by atoms with Crippen molar-refractivity contribution in [3.8, 4) is 0 Å². The van der Waals surface area contributed by atoms with Gasteiger partial charge in [0.1, 0.15) is 0 Å². The Morgan fingerprint density at radius 1 is 0.976 bits per heavy atom. The first-order valence-corrected chi connectivity index (χ1v) is 14.6. The van der Waals surface area contributed by atoms with Crippen molar-refractivity contribution in [1.82, 2.24) is 21.3 Å². The Balaban J connectivity index is 1.44. The molecule has 1 aliphatic heterocycles. The van der Waals surface area contributed by atoms with Gasteiger partial charge in [0.2, 0.25) is 12.3 Å². The smallest absolute Gasteiger partial charge is 0.264 e. The lowest BCUT2D eigenvalue weighted by Crippen LogP contribution is -2.75. The summed E-state index contributed by atoms with van der Waals surface area (Å²) in [6, 6.07) is 21.5. The van der Waals surface area contributed by atoms with E-state index in [1.54, 1.807) is 6.08 Å². The monoisotopic (exact) mass is 585 g/mol. The van der Waals surface area contributed by atoms with Crippen molar-refractivity contribution < 1.29 is 14.4 Å². The van der Waals surface area contributed by atoms with E-state index in [0.29, 0.717) is 32.3 Å². The van der Waals surface area contributed by atoms with Crippen molar-refractivity contribution in [1.29, 1.82) is 0 Å². The first kappa shape index (κ1) is 29.4. The first-order chi connectivity index (χ1) is 20.1. The number of carbonyl (C=O) groups excluding carboxylic acids is 3. The number of carbonyl (C=O) groups is 3. The topological polar surface area (TPSA) is 177 Å². The fourth-order valence-corrected chi connectivity index (χ4v) is 6.10. The molecule has 3 aromatic carbocycles. The van der Waals surface area contributed by atoms with E-state index in [2.05, 4.69) is 21.3 Å². The molecule has 0 saturated carbocycles. The summed E-state index contributed by atoms with van der Waals surface area (Å²) in [4.78, 5) is 39.0. The third kappa shape index (κ3) is 6.35. The predicted octanol–water partition coefficient (Wildman–Crippen LogP) is 1.64. The van der Waals surface area contributed by atoms with Gasteiger partial charge >= 0.3 is 0 Å². The Hall–Kier alpha value is -4.13. The van der Waals surface area contributed by atoms with Gasteiger partial charge in [0.05, 0.1) is 5.54 Å². The van der Waals surface area contributed by atoms with Gasteiger partial charge in [-0.15, -0.1) is 11.3 Å². The molecule has 4 aromatic rings. The number of nitrogens with one attached hydrogen (secondary N) is 4. The van der Waals surface area contributed by atoms with E-state index >= 15 is 0 Å². The summed E-state index contributed by atoms with van der Waals surface area (Å²) in [5.41, 5.74) is 18.1. The van der Waals surface area contributed by atoms with Gasteiger partial charge in [-0.05, 0) is 76.8 Å². The van der Waals surface area contributed by atoms with Gasteiger partial charge in [0.15, 0.2) is 11.4 Å². The number of amides is 3. The quantitative estimate of drug-likeness (QED) is 0.109. The number of fused-ring (bicyclic) bond motifs is 2. The Kier molecular flexibility index (Phi) is 8.39.